The molecule has 0 aromatic heterocycles. The lowest BCUT2D eigenvalue weighted by Crippen LogP contribution is -2.33. The van der Waals surface area contributed by atoms with Gasteiger partial charge in [-0.25, -0.2) is 0 Å². The van der Waals surface area contributed by atoms with Gasteiger partial charge in [0.05, 0.1) is 37.4 Å². The summed E-state index contributed by atoms with van der Waals surface area (Å²) in [5, 5.41) is 2.83. The number of hydrogen-bond donors (Lipinski definition) is 1. The van der Waals surface area contributed by atoms with Crippen molar-refractivity contribution in [3.8, 4) is 11.5 Å². The van der Waals surface area contributed by atoms with E-state index in [2.05, 4.69) is 5.32 Å². The van der Waals surface area contributed by atoms with Crippen molar-refractivity contribution in [3.63, 3.8) is 0 Å². The van der Waals surface area contributed by atoms with Crippen LogP contribution in [0.1, 0.15) is 29.6 Å². The molecule has 160 valence electrons. The number of benzene rings is 2. The van der Waals surface area contributed by atoms with E-state index in [4.69, 9.17) is 9.47 Å². The zero-order valence-electron chi connectivity index (χ0n) is 17.5. The Morgan fingerprint density at radius 2 is 1.68 bits per heavy atom. The number of hydrogen-bond acceptors (Lipinski definition) is 5. The van der Waals surface area contributed by atoms with Crippen LogP contribution in [0.5, 0.6) is 11.5 Å². The first-order valence-electron chi connectivity index (χ1n) is 10.5. The molecule has 3 fully saturated rings. The molecule has 7 heteroatoms. The standard InChI is InChI=1S/C24H24N2O5/c1-30-17-8-9-18(19(12-17)31-2)25-22(27)15-4-3-5-16(11-15)26-23(28)20-13-6-7-14(10-13)21(20)24(26)29/h3-5,8-9,11-14,20-21H,6-7,10H2,1-2H3,(H,25,27)/t13-,14-,20+,21+/m0/s1. The third-order valence-corrected chi connectivity index (χ3v) is 6.95. The average molecular weight is 420 g/mol. The maximum Gasteiger partial charge on any atom is 0.255 e. The number of carbonyl (C=O) groups excluding carboxylic acids is 3. The van der Waals surface area contributed by atoms with Gasteiger partial charge in [0.15, 0.2) is 0 Å². The maximum atomic E-state index is 13.1. The minimum atomic E-state index is -0.357. The van der Waals surface area contributed by atoms with Gasteiger partial charge < -0.3 is 14.8 Å². The summed E-state index contributed by atoms with van der Waals surface area (Å²) in [7, 11) is 3.07. The highest BCUT2D eigenvalue weighted by Crippen LogP contribution is 2.56. The van der Waals surface area contributed by atoms with Gasteiger partial charge in [0.25, 0.3) is 5.91 Å². The molecular weight excluding hydrogens is 396 g/mol. The number of nitrogens with zero attached hydrogens (tertiary/aromatic N) is 1. The summed E-state index contributed by atoms with van der Waals surface area (Å²) < 4.78 is 10.5. The van der Waals surface area contributed by atoms with Gasteiger partial charge in [-0.05, 0) is 61.4 Å². The number of imide groups is 1. The number of rotatable bonds is 5. The molecule has 0 unspecified atom stereocenters. The molecule has 5 rings (SSSR count). The second-order valence-corrected chi connectivity index (χ2v) is 8.47. The lowest BCUT2D eigenvalue weighted by molar-refractivity contribution is -0.123. The van der Waals surface area contributed by atoms with E-state index in [1.807, 2.05) is 0 Å². The van der Waals surface area contributed by atoms with Crippen LogP contribution in [0.2, 0.25) is 0 Å². The van der Waals surface area contributed by atoms with Crippen LogP contribution in [-0.4, -0.2) is 31.9 Å². The Hall–Kier alpha value is -3.35. The predicted octanol–water partition coefficient (Wildman–Crippen LogP) is 3.49. The van der Waals surface area contributed by atoms with E-state index in [9.17, 15) is 14.4 Å². The Bertz CT molecular complexity index is 1050. The topological polar surface area (TPSA) is 84.9 Å². The first kappa shape index (κ1) is 19.6. The lowest BCUT2D eigenvalue weighted by atomic mass is 9.81. The molecule has 31 heavy (non-hydrogen) atoms. The zero-order chi connectivity index (χ0) is 21.7. The number of fused-ring (bicyclic) bond motifs is 5. The van der Waals surface area contributed by atoms with Gasteiger partial charge in [0, 0.05) is 11.6 Å². The maximum absolute atomic E-state index is 13.1. The van der Waals surface area contributed by atoms with Crippen molar-refractivity contribution in [1.82, 2.24) is 0 Å². The summed E-state index contributed by atoms with van der Waals surface area (Å²) in [6.07, 6.45) is 3.06. The summed E-state index contributed by atoms with van der Waals surface area (Å²) in [6.45, 7) is 0. The molecule has 1 heterocycles. The minimum absolute atomic E-state index is 0.114. The van der Waals surface area contributed by atoms with E-state index in [0.717, 1.165) is 19.3 Å². The number of ether oxygens (including phenoxy) is 2. The molecular formula is C24H24N2O5. The van der Waals surface area contributed by atoms with Crippen molar-refractivity contribution in [3.05, 3.63) is 48.0 Å². The fourth-order valence-corrected chi connectivity index (χ4v) is 5.55. The van der Waals surface area contributed by atoms with Crippen LogP contribution in [0, 0.1) is 23.7 Å². The highest BCUT2D eigenvalue weighted by molar-refractivity contribution is 6.23. The highest BCUT2D eigenvalue weighted by atomic mass is 16.5. The highest BCUT2D eigenvalue weighted by Gasteiger charge is 2.61. The van der Waals surface area contributed by atoms with Crippen molar-refractivity contribution < 1.29 is 23.9 Å². The molecule has 2 aliphatic carbocycles. The molecule has 1 N–H and O–H groups in total. The molecule has 0 radical (unpaired) electrons. The van der Waals surface area contributed by atoms with Crippen LogP contribution in [-0.2, 0) is 9.59 Å². The summed E-state index contributed by atoms with van der Waals surface area (Å²) in [5.74, 6) is 0.771. The normalized spacial score (nSPS) is 26.2. The first-order valence-corrected chi connectivity index (χ1v) is 10.5. The summed E-state index contributed by atoms with van der Waals surface area (Å²) in [6, 6.07) is 11.8. The largest absolute Gasteiger partial charge is 0.497 e. The lowest BCUT2D eigenvalue weighted by Gasteiger charge is -2.19. The fourth-order valence-electron chi connectivity index (χ4n) is 5.55. The fraction of sp³-hybridized carbons (Fsp3) is 0.375. The smallest absolute Gasteiger partial charge is 0.255 e. The third-order valence-electron chi connectivity index (χ3n) is 6.95. The van der Waals surface area contributed by atoms with E-state index in [0.29, 0.717) is 40.3 Å². The molecule has 3 aliphatic rings. The molecule has 0 spiro atoms. The van der Waals surface area contributed by atoms with Gasteiger partial charge in [-0.3, -0.25) is 19.3 Å². The van der Waals surface area contributed by atoms with Gasteiger partial charge in [-0.2, -0.15) is 0 Å². The molecule has 4 atom stereocenters. The van der Waals surface area contributed by atoms with E-state index in [1.54, 1.807) is 49.6 Å². The third kappa shape index (κ3) is 3.07. The van der Waals surface area contributed by atoms with Crippen molar-refractivity contribution in [1.29, 1.82) is 0 Å². The molecule has 1 aliphatic heterocycles. The van der Waals surface area contributed by atoms with Gasteiger partial charge in [-0.1, -0.05) is 6.07 Å². The Balaban J connectivity index is 1.39. The summed E-state index contributed by atoms with van der Waals surface area (Å²) >= 11 is 0. The number of methoxy groups -OCH3 is 2. The molecule has 1 saturated heterocycles. The van der Waals surface area contributed by atoms with E-state index >= 15 is 0 Å². The number of amides is 3. The van der Waals surface area contributed by atoms with E-state index in [1.165, 1.54) is 12.0 Å². The Kier molecular flexibility index (Phi) is 4.68. The SMILES string of the molecule is COc1ccc(NC(=O)c2cccc(N3C(=O)[C@@H]4[C@H]5CC[C@@H](C5)[C@H]4C3=O)c2)c(OC)c1. The Morgan fingerprint density at radius 1 is 0.968 bits per heavy atom. The van der Waals surface area contributed by atoms with Crippen molar-refractivity contribution >= 4 is 29.1 Å². The number of carbonyl (C=O) groups is 3. The van der Waals surface area contributed by atoms with Gasteiger partial charge in [-0.15, -0.1) is 0 Å². The summed E-state index contributed by atoms with van der Waals surface area (Å²) in [5.41, 5.74) is 1.31. The van der Waals surface area contributed by atoms with Crippen LogP contribution in [0.25, 0.3) is 0 Å². The van der Waals surface area contributed by atoms with Crippen LogP contribution in [0.4, 0.5) is 11.4 Å². The monoisotopic (exact) mass is 420 g/mol. The van der Waals surface area contributed by atoms with Crippen LogP contribution in [0.15, 0.2) is 42.5 Å². The Morgan fingerprint density at radius 3 is 2.32 bits per heavy atom. The molecule has 2 bridgehead atoms. The van der Waals surface area contributed by atoms with Crippen LogP contribution >= 0.6 is 0 Å². The van der Waals surface area contributed by atoms with Gasteiger partial charge >= 0.3 is 0 Å². The van der Waals surface area contributed by atoms with E-state index in [-0.39, 0.29) is 29.6 Å². The van der Waals surface area contributed by atoms with E-state index < -0.39 is 0 Å². The van der Waals surface area contributed by atoms with Crippen molar-refractivity contribution in [2.24, 2.45) is 23.7 Å². The zero-order valence-corrected chi connectivity index (χ0v) is 17.5. The number of nitrogens with one attached hydrogen (secondary N) is 1. The first-order chi connectivity index (χ1) is 15.0. The average Bonchev–Trinajstić information content (AvgIpc) is 3.47. The molecule has 7 nitrogen and oxygen atoms in total. The predicted molar refractivity (Wildman–Crippen MR) is 114 cm³/mol. The van der Waals surface area contributed by atoms with Crippen molar-refractivity contribution in [2.75, 3.05) is 24.4 Å². The van der Waals surface area contributed by atoms with Crippen molar-refractivity contribution in [2.45, 2.75) is 19.3 Å². The minimum Gasteiger partial charge on any atom is -0.497 e. The second kappa shape index (κ2) is 7.41. The molecule has 2 saturated carbocycles. The second-order valence-electron chi connectivity index (χ2n) is 8.47. The molecule has 2 aromatic carbocycles. The van der Waals surface area contributed by atoms with Crippen LogP contribution in [0.3, 0.4) is 0 Å². The molecule has 2 aromatic rings. The van der Waals surface area contributed by atoms with Gasteiger partial charge in [0.1, 0.15) is 11.5 Å². The Labute approximate surface area is 180 Å². The van der Waals surface area contributed by atoms with Crippen LogP contribution < -0.4 is 19.7 Å². The molecule has 3 amide bonds. The van der Waals surface area contributed by atoms with Gasteiger partial charge in [0.2, 0.25) is 11.8 Å². The quantitative estimate of drug-likeness (QED) is 0.749. The number of anilines is 2. The summed E-state index contributed by atoms with van der Waals surface area (Å²) in [4.78, 5) is 40.3.